The fourth-order valence-electron chi connectivity index (χ4n) is 1.80. The number of anilines is 1. The number of nitro groups is 1. The molecule has 0 saturated heterocycles. The van der Waals surface area contributed by atoms with Crippen molar-refractivity contribution in [2.45, 2.75) is 36.0 Å². The monoisotopic (exact) mass is 240 g/mol. The van der Waals surface area contributed by atoms with Crippen LogP contribution in [0.3, 0.4) is 0 Å². The summed E-state index contributed by atoms with van der Waals surface area (Å²) in [6, 6.07) is 0. The van der Waals surface area contributed by atoms with Gasteiger partial charge in [0.25, 0.3) is 0 Å². The fourth-order valence-corrected chi connectivity index (χ4v) is 3.08. The number of hydrogen-bond donors (Lipinski definition) is 1. The largest absolute Gasteiger partial charge is 0.378 e. The number of rotatable bonds is 3. The van der Waals surface area contributed by atoms with Gasteiger partial charge in [0, 0.05) is 5.25 Å². The summed E-state index contributed by atoms with van der Waals surface area (Å²) in [5.41, 5.74) is 5.34. The van der Waals surface area contributed by atoms with Gasteiger partial charge in [-0.25, -0.2) is 9.97 Å². The first-order valence-electron chi connectivity index (χ1n) is 5.10. The summed E-state index contributed by atoms with van der Waals surface area (Å²) in [5.74, 6) is -0.0551. The second-order valence-corrected chi connectivity index (χ2v) is 4.98. The molecule has 0 bridgehead atoms. The lowest BCUT2D eigenvalue weighted by atomic mass is 10.4. The third kappa shape index (κ3) is 2.24. The van der Waals surface area contributed by atoms with Crippen molar-refractivity contribution in [1.29, 1.82) is 0 Å². The molecular weight excluding hydrogens is 228 g/mol. The fraction of sp³-hybridized carbons (Fsp3) is 0.556. The Hall–Kier alpha value is -1.37. The topological polar surface area (TPSA) is 94.9 Å². The van der Waals surface area contributed by atoms with Crippen LogP contribution in [-0.2, 0) is 0 Å². The molecule has 7 heteroatoms. The van der Waals surface area contributed by atoms with Gasteiger partial charge >= 0.3 is 5.69 Å². The van der Waals surface area contributed by atoms with Crippen LogP contribution in [0.1, 0.15) is 25.7 Å². The molecule has 0 amide bonds. The van der Waals surface area contributed by atoms with Crippen LogP contribution in [0.5, 0.6) is 0 Å². The Balaban J connectivity index is 2.25. The molecule has 1 aromatic rings. The molecule has 86 valence electrons. The summed E-state index contributed by atoms with van der Waals surface area (Å²) < 4.78 is 0. The minimum Gasteiger partial charge on any atom is -0.378 e. The first kappa shape index (κ1) is 11.1. The van der Waals surface area contributed by atoms with Crippen molar-refractivity contribution in [2.75, 3.05) is 5.73 Å². The predicted molar refractivity (Wildman–Crippen MR) is 61.2 cm³/mol. The highest BCUT2D eigenvalue weighted by Gasteiger charge is 2.25. The summed E-state index contributed by atoms with van der Waals surface area (Å²) in [6.45, 7) is 0. The Morgan fingerprint density at radius 1 is 1.44 bits per heavy atom. The molecule has 2 N–H and O–H groups in total. The quantitative estimate of drug-likeness (QED) is 0.493. The van der Waals surface area contributed by atoms with Crippen molar-refractivity contribution in [3.8, 4) is 0 Å². The van der Waals surface area contributed by atoms with Crippen molar-refractivity contribution in [2.24, 2.45) is 0 Å². The van der Waals surface area contributed by atoms with Gasteiger partial charge in [-0.2, -0.15) is 0 Å². The number of nitrogens with zero attached hydrogens (tertiary/aromatic N) is 3. The van der Waals surface area contributed by atoms with Crippen molar-refractivity contribution >= 4 is 23.3 Å². The van der Waals surface area contributed by atoms with E-state index in [1.807, 2.05) is 0 Å². The number of hydrogen-bond acceptors (Lipinski definition) is 6. The lowest BCUT2D eigenvalue weighted by molar-refractivity contribution is -0.387. The van der Waals surface area contributed by atoms with E-state index in [1.165, 1.54) is 30.9 Å². The minimum atomic E-state index is -0.507. The number of thioether (sulfide) groups is 1. The molecular formula is C9H12N4O2S. The van der Waals surface area contributed by atoms with Crippen molar-refractivity contribution in [3.05, 3.63) is 16.4 Å². The zero-order valence-electron chi connectivity index (χ0n) is 8.63. The van der Waals surface area contributed by atoms with Crippen LogP contribution in [0, 0.1) is 10.1 Å². The van der Waals surface area contributed by atoms with Crippen LogP contribution in [0.25, 0.3) is 0 Å². The number of aromatic nitrogens is 2. The molecule has 1 aliphatic carbocycles. The normalized spacial score (nSPS) is 16.5. The molecule has 1 aliphatic rings. The summed E-state index contributed by atoms with van der Waals surface area (Å²) in [4.78, 5) is 17.9. The average molecular weight is 240 g/mol. The van der Waals surface area contributed by atoms with Crippen molar-refractivity contribution in [1.82, 2.24) is 9.97 Å². The molecule has 1 heterocycles. The Morgan fingerprint density at radius 3 is 2.75 bits per heavy atom. The maximum Gasteiger partial charge on any atom is 0.343 e. The van der Waals surface area contributed by atoms with Crippen LogP contribution < -0.4 is 5.73 Å². The molecule has 16 heavy (non-hydrogen) atoms. The van der Waals surface area contributed by atoms with E-state index in [1.54, 1.807) is 0 Å². The van der Waals surface area contributed by atoms with E-state index in [-0.39, 0.29) is 11.5 Å². The maximum absolute atomic E-state index is 10.8. The van der Waals surface area contributed by atoms with Crippen molar-refractivity contribution in [3.63, 3.8) is 0 Å². The summed E-state index contributed by atoms with van der Waals surface area (Å²) in [5, 5.41) is 11.7. The molecule has 0 atom stereocenters. The van der Waals surface area contributed by atoms with Crippen LogP contribution in [0.15, 0.2) is 11.4 Å². The van der Waals surface area contributed by atoms with Crippen LogP contribution in [0.4, 0.5) is 11.5 Å². The summed E-state index contributed by atoms with van der Waals surface area (Å²) in [6.07, 6.45) is 5.83. The van der Waals surface area contributed by atoms with E-state index in [0.717, 1.165) is 12.8 Å². The zero-order valence-corrected chi connectivity index (χ0v) is 9.44. The van der Waals surface area contributed by atoms with E-state index < -0.39 is 4.92 Å². The van der Waals surface area contributed by atoms with E-state index in [0.29, 0.717) is 10.3 Å². The van der Waals surface area contributed by atoms with Gasteiger partial charge < -0.3 is 5.73 Å². The molecule has 1 fully saturated rings. The zero-order chi connectivity index (χ0) is 11.5. The number of nitrogen functional groups attached to an aromatic ring is 1. The average Bonchev–Trinajstić information content (AvgIpc) is 2.70. The molecule has 0 unspecified atom stereocenters. The van der Waals surface area contributed by atoms with Gasteiger partial charge in [-0.3, -0.25) is 10.1 Å². The van der Waals surface area contributed by atoms with E-state index in [2.05, 4.69) is 9.97 Å². The smallest absolute Gasteiger partial charge is 0.343 e. The molecule has 0 aliphatic heterocycles. The second-order valence-electron chi connectivity index (χ2n) is 3.69. The standard InChI is InChI=1S/C9H12N4O2S/c10-8-7(13(14)15)9(12-5-11-8)16-6-3-1-2-4-6/h5-6H,1-4H2,(H2,10,11,12). The van der Waals surface area contributed by atoms with Crippen LogP contribution >= 0.6 is 11.8 Å². The Bertz CT molecular complexity index is 406. The molecule has 2 rings (SSSR count). The molecule has 1 saturated carbocycles. The Kier molecular flexibility index (Phi) is 3.23. The van der Waals surface area contributed by atoms with Gasteiger partial charge in [0.05, 0.1) is 4.92 Å². The molecule has 1 aromatic heterocycles. The lowest BCUT2D eigenvalue weighted by Gasteiger charge is -2.08. The Morgan fingerprint density at radius 2 is 2.12 bits per heavy atom. The predicted octanol–water partition coefficient (Wildman–Crippen LogP) is 2.00. The van der Waals surface area contributed by atoms with Gasteiger partial charge in [0.15, 0.2) is 5.03 Å². The molecule has 0 radical (unpaired) electrons. The van der Waals surface area contributed by atoms with Crippen molar-refractivity contribution < 1.29 is 4.92 Å². The lowest BCUT2D eigenvalue weighted by Crippen LogP contribution is -2.04. The van der Waals surface area contributed by atoms with Gasteiger partial charge in [-0.1, -0.05) is 24.6 Å². The van der Waals surface area contributed by atoms with E-state index in [4.69, 9.17) is 5.73 Å². The molecule has 0 spiro atoms. The third-order valence-corrected chi connectivity index (χ3v) is 3.91. The van der Waals surface area contributed by atoms with Gasteiger partial charge in [0.1, 0.15) is 6.33 Å². The van der Waals surface area contributed by atoms with Crippen LogP contribution in [-0.4, -0.2) is 20.1 Å². The van der Waals surface area contributed by atoms with Gasteiger partial charge in [0.2, 0.25) is 5.82 Å². The van der Waals surface area contributed by atoms with E-state index in [9.17, 15) is 10.1 Å². The molecule has 0 aromatic carbocycles. The second kappa shape index (κ2) is 4.65. The highest BCUT2D eigenvalue weighted by Crippen LogP contribution is 2.38. The van der Waals surface area contributed by atoms with Gasteiger partial charge in [-0.05, 0) is 12.8 Å². The highest BCUT2D eigenvalue weighted by molar-refractivity contribution is 8.00. The minimum absolute atomic E-state index is 0.0551. The van der Waals surface area contributed by atoms with Gasteiger partial charge in [-0.15, -0.1) is 0 Å². The SMILES string of the molecule is Nc1ncnc(SC2CCCC2)c1[N+](=O)[O-]. The van der Waals surface area contributed by atoms with E-state index >= 15 is 0 Å². The highest BCUT2D eigenvalue weighted by atomic mass is 32.2. The molecule has 6 nitrogen and oxygen atoms in total. The Labute approximate surface area is 96.8 Å². The number of nitrogens with two attached hydrogens (primary N) is 1. The first-order chi connectivity index (χ1) is 7.68. The third-order valence-electron chi connectivity index (χ3n) is 2.58. The first-order valence-corrected chi connectivity index (χ1v) is 5.98. The maximum atomic E-state index is 10.8. The van der Waals surface area contributed by atoms with Crippen LogP contribution in [0.2, 0.25) is 0 Å². The summed E-state index contributed by atoms with van der Waals surface area (Å²) >= 11 is 1.45. The summed E-state index contributed by atoms with van der Waals surface area (Å²) in [7, 11) is 0.